The van der Waals surface area contributed by atoms with Crippen molar-refractivity contribution in [1.82, 2.24) is 15.2 Å². The Balaban J connectivity index is 1.76. The summed E-state index contributed by atoms with van der Waals surface area (Å²) in [5, 5.41) is 16.7. The van der Waals surface area contributed by atoms with E-state index >= 15 is 0 Å². The Hall–Kier alpha value is -3.39. The molecule has 3 heterocycles. The van der Waals surface area contributed by atoms with Crippen LogP contribution in [0, 0.1) is 0 Å². The number of aliphatic carboxylic acids is 1. The summed E-state index contributed by atoms with van der Waals surface area (Å²) < 4.78 is 4.73. The summed E-state index contributed by atoms with van der Waals surface area (Å²) >= 11 is 2.35. The molecule has 1 fully saturated rings. The summed E-state index contributed by atoms with van der Waals surface area (Å²) in [7, 11) is 0. The first-order valence-electron chi connectivity index (χ1n) is 9.19. The molecular weight excluding hydrogens is 462 g/mol. The molecule has 1 aromatic heterocycles. The van der Waals surface area contributed by atoms with Crippen molar-refractivity contribution in [3.05, 3.63) is 35.0 Å². The molecule has 170 valence electrons. The number of fused-ring (bicyclic) bond motifs is 1. The van der Waals surface area contributed by atoms with Crippen LogP contribution >= 0.6 is 23.1 Å². The first kappa shape index (κ1) is 23.3. The van der Waals surface area contributed by atoms with E-state index in [1.54, 1.807) is 6.92 Å². The van der Waals surface area contributed by atoms with Crippen molar-refractivity contribution in [3.63, 3.8) is 0 Å². The molecule has 0 bridgehead atoms. The van der Waals surface area contributed by atoms with Crippen molar-refractivity contribution >= 4 is 57.7 Å². The van der Waals surface area contributed by atoms with E-state index in [0.29, 0.717) is 11.3 Å². The Labute approximate surface area is 190 Å². The zero-order chi connectivity index (χ0) is 23.4. The fourth-order valence-electron chi connectivity index (χ4n) is 2.96. The molecule has 14 heteroatoms. The van der Waals surface area contributed by atoms with Gasteiger partial charge in [0.15, 0.2) is 10.8 Å². The number of hydrogen-bond acceptors (Lipinski definition) is 11. The van der Waals surface area contributed by atoms with Crippen molar-refractivity contribution in [2.75, 3.05) is 24.7 Å². The van der Waals surface area contributed by atoms with Crippen LogP contribution in [-0.4, -0.2) is 74.8 Å². The van der Waals surface area contributed by atoms with Gasteiger partial charge >= 0.3 is 11.9 Å². The monoisotopic (exact) mass is 481 g/mol. The molecular formula is C18H19N5O7S2. The highest BCUT2D eigenvalue weighted by Gasteiger charge is 2.54. The van der Waals surface area contributed by atoms with E-state index in [9.17, 15) is 24.3 Å². The first-order chi connectivity index (χ1) is 15.3. The predicted molar refractivity (Wildman–Crippen MR) is 116 cm³/mol. The van der Waals surface area contributed by atoms with Gasteiger partial charge in [0, 0.05) is 11.1 Å². The Bertz CT molecular complexity index is 1030. The fourth-order valence-corrected chi connectivity index (χ4v) is 4.85. The van der Waals surface area contributed by atoms with E-state index < -0.39 is 41.8 Å². The molecule has 0 radical (unpaired) electrons. The average molecular weight is 482 g/mol. The molecule has 4 N–H and O–H groups in total. The molecule has 32 heavy (non-hydrogen) atoms. The molecule has 1 saturated heterocycles. The number of oxime groups is 1. The molecule has 0 spiro atoms. The van der Waals surface area contributed by atoms with Crippen LogP contribution in [-0.2, 0) is 28.8 Å². The van der Waals surface area contributed by atoms with Crippen LogP contribution in [0.3, 0.4) is 0 Å². The molecule has 1 aromatic rings. The average Bonchev–Trinajstić information content (AvgIpc) is 3.19. The van der Waals surface area contributed by atoms with Crippen LogP contribution in [0.25, 0.3) is 0 Å². The second-order valence-electron chi connectivity index (χ2n) is 6.33. The van der Waals surface area contributed by atoms with Gasteiger partial charge in [0.2, 0.25) is 6.61 Å². The number of carbonyl (C=O) groups excluding carboxylic acids is 3. The molecule has 2 amide bonds. The minimum Gasteiger partial charge on any atom is -0.477 e. The summed E-state index contributed by atoms with van der Waals surface area (Å²) in [5.74, 6) is -3.00. The molecule has 3 rings (SSSR count). The lowest BCUT2D eigenvalue weighted by molar-refractivity contribution is -0.150. The Morgan fingerprint density at radius 3 is 2.84 bits per heavy atom. The van der Waals surface area contributed by atoms with Crippen LogP contribution in [0.1, 0.15) is 12.6 Å². The Kier molecular flexibility index (Phi) is 7.15. The van der Waals surface area contributed by atoms with E-state index in [1.807, 2.05) is 0 Å². The third kappa shape index (κ3) is 4.60. The second kappa shape index (κ2) is 9.82. The normalized spacial score (nSPS) is 20.2. The van der Waals surface area contributed by atoms with Gasteiger partial charge in [-0.25, -0.2) is 14.6 Å². The van der Waals surface area contributed by atoms with Crippen LogP contribution in [0.4, 0.5) is 5.13 Å². The van der Waals surface area contributed by atoms with Crippen molar-refractivity contribution in [1.29, 1.82) is 0 Å². The van der Waals surface area contributed by atoms with Gasteiger partial charge in [0.25, 0.3) is 11.8 Å². The fraction of sp³-hybridized carbons (Fsp3) is 0.333. The topological polar surface area (TPSA) is 174 Å². The van der Waals surface area contributed by atoms with Crippen LogP contribution in [0.5, 0.6) is 0 Å². The van der Waals surface area contributed by atoms with Gasteiger partial charge in [-0.1, -0.05) is 17.8 Å². The minimum absolute atomic E-state index is 0.0915. The number of thioether (sulfide) groups is 1. The molecule has 2 aliphatic heterocycles. The number of allylic oxidation sites excluding steroid dienone is 1. The zero-order valence-electron chi connectivity index (χ0n) is 16.8. The first-order valence-corrected chi connectivity index (χ1v) is 11.1. The highest BCUT2D eigenvalue weighted by atomic mass is 32.2. The molecule has 2 aliphatic rings. The standard InChI is InChI=1S/C18H19N5O7S2/c1-3-8-6-31-16-12(15(26)23(16)13(8)17(27)28)21-14(25)11(9-7-32-18(19)20-9)22-30-5-10(24)29-4-2/h3,7,12,16H,1,4-6H2,2H3,(H2,19,20)(H,21,25)(H,27,28)/b22-11+. The van der Waals surface area contributed by atoms with Gasteiger partial charge in [0.1, 0.15) is 22.8 Å². The predicted octanol–water partition coefficient (Wildman–Crippen LogP) is -0.0663. The molecule has 2 unspecified atom stereocenters. The molecule has 0 saturated carbocycles. The largest absolute Gasteiger partial charge is 0.477 e. The zero-order valence-corrected chi connectivity index (χ0v) is 18.4. The van der Waals surface area contributed by atoms with Gasteiger partial charge in [0.05, 0.1) is 6.61 Å². The molecule has 2 atom stereocenters. The van der Waals surface area contributed by atoms with Crippen molar-refractivity contribution in [2.24, 2.45) is 5.16 Å². The smallest absolute Gasteiger partial charge is 0.352 e. The summed E-state index contributed by atoms with van der Waals surface area (Å²) in [4.78, 5) is 58.6. The number of anilines is 1. The minimum atomic E-state index is -1.25. The maximum atomic E-state index is 12.9. The molecule has 0 aliphatic carbocycles. The lowest BCUT2D eigenvalue weighted by Crippen LogP contribution is -2.71. The van der Waals surface area contributed by atoms with E-state index in [-0.39, 0.29) is 28.8 Å². The SMILES string of the molecule is C=CC1=C(C(=O)O)N2C(=O)C(NC(=O)/C(=N/OCC(=O)OCC)c3csc(N)n3)C2SC1. The number of carbonyl (C=O) groups is 4. The number of rotatable bonds is 9. The number of nitrogens with two attached hydrogens (primary N) is 1. The van der Waals surface area contributed by atoms with E-state index in [4.69, 9.17) is 15.3 Å². The number of β-lactam (4-membered cyclic amide) rings is 1. The number of thiazole rings is 1. The molecule has 12 nitrogen and oxygen atoms in total. The second-order valence-corrected chi connectivity index (χ2v) is 8.33. The Morgan fingerprint density at radius 2 is 2.25 bits per heavy atom. The van der Waals surface area contributed by atoms with Crippen LogP contribution in [0.2, 0.25) is 0 Å². The summed E-state index contributed by atoms with van der Waals surface area (Å²) in [6.07, 6.45) is 1.39. The number of amides is 2. The van der Waals surface area contributed by atoms with E-state index in [2.05, 4.69) is 22.0 Å². The van der Waals surface area contributed by atoms with Gasteiger partial charge in [-0.3, -0.25) is 14.5 Å². The number of carboxylic acids is 1. The number of ether oxygens (including phenoxy) is 1. The maximum absolute atomic E-state index is 12.9. The highest BCUT2D eigenvalue weighted by molar-refractivity contribution is 8.00. The van der Waals surface area contributed by atoms with E-state index in [0.717, 1.165) is 16.2 Å². The summed E-state index contributed by atoms with van der Waals surface area (Å²) in [6.45, 7) is 4.83. The molecule has 0 aromatic carbocycles. The van der Waals surface area contributed by atoms with E-state index in [1.165, 1.54) is 23.2 Å². The van der Waals surface area contributed by atoms with Gasteiger partial charge in [-0.15, -0.1) is 23.1 Å². The lowest BCUT2D eigenvalue weighted by Gasteiger charge is -2.49. The number of nitrogen functional groups attached to an aromatic ring is 1. The number of aromatic nitrogens is 1. The van der Waals surface area contributed by atoms with Crippen molar-refractivity contribution in [3.8, 4) is 0 Å². The third-order valence-electron chi connectivity index (χ3n) is 4.36. The van der Waals surface area contributed by atoms with Gasteiger partial charge in [-0.05, 0) is 12.5 Å². The van der Waals surface area contributed by atoms with Gasteiger partial charge < -0.3 is 25.7 Å². The summed E-state index contributed by atoms with van der Waals surface area (Å²) in [6, 6.07) is -0.987. The summed E-state index contributed by atoms with van der Waals surface area (Å²) in [5.41, 5.74) is 5.69. The number of esters is 1. The quantitative estimate of drug-likeness (QED) is 0.187. The number of nitrogens with zero attached hydrogens (tertiary/aromatic N) is 3. The third-order valence-corrected chi connectivity index (χ3v) is 6.33. The van der Waals surface area contributed by atoms with Crippen molar-refractivity contribution < 1.29 is 33.9 Å². The number of hydrogen-bond donors (Lipinski definition) is 3. The van der Waals surface area contributed by atoms with Crippen LogP contribution < -0.4 is 11.1 Å². The lowest BCUT2D eigenvalue weighted by atomic mass is 10.0. The number of carboxylic acid groups (broad SMARTS) is 1. The number of nitrogens with one attached hydrogen (secondary N) is 1. The maximum Gasteiger partial charge on any atom is 0.352 e. The highest BCUT2D eigenvalue weighted by Crippen LogP contribution is 2.40. The van der Waals surface area contributed by atoms with Crippen molar-refractivity contribution in [2.45, 2.75) is 18.3 Å². The Morgan fingerprint density at radius 1 is 1.50 bits per heavy atom. The van der Waals surface area contributed by atoms with Gasteiger partial charge in [-0.2, -0.15) is 0 Å². The van der Waals surface area contributed by atoms with Crippen LogP contribution in [0.15, 0.2) is 34.5 Å².